The van der Waals surface area contributed by atoms with Crippen molar-refractivity contribution in [3.05, 3.63) is 66.5 Å². The zero-order chi connectivity index (χ0) is 19.2. The Kier molecular flexibility index (Phi) is 6.13. The lowest BCUT2D eigenvalue weighted by atomic mass is 10.1. The van der Waals surface area contributed by atoms with E-state index >= 15 is 0 Å². The van der Waals surface area contributed by atoms with Crippen molar-refractivity contribution in [2.45, 2.75) is 18.1 Å². The molecule has 140 valence electrons. The minimum Gasteiger partial charge on any atom is -0.497 e. The van der Waals surface area contributed by atoms with E-state index in [4.69, 9.17) is 4.74 Å². The average Bonchev–Trinajstić information content (AvgIpc) is 3.20. The van der Waals surface area contributed by atoms with E-state index in [1.807, 2.05) is 73.1 Å². The van der Waals surface area contributed by atoms with Gasteiger partial charge in [-0.05, 0) is 36.8 Å². The van der Waals surface area contributed by atoms with Crippen LogP contribution < -0.4 is 4.74 Å². The summed E-state index contributed by atoms with van der Waals surface area (Å²) < 4.78 is 7.04. The van der Waals surface area contributed by atoms with E-state index in [9.17, 15) is 4.79 Å². The number of hydrogen-bond donors (Lipinski definition) is 0. The molecule has 1 aromatic heterocycles. The molecule has 7 heteroatoms. The quantitative estimate of drug-likeness (QED) is 0.585. The van der Waals surface area contributed by atoms with E-state index in [0.717, 1.165) is 17.0 Å². The van der Waals surface area contributed by atoms with E-state index in [1.54, 1.807) is 18.3 Å². The maximum absolute atomic E-state index is 12.6. The third-order valence-corrected chi connectivity index (χ3v) is 5.38. The minimum atomic E-state index is 0.0127. The molecule has 1 unspecified atom stereocenters. The number of nitrogens with zero attached hydrogens (tertiary/aromatic N) is 4. The van der Waals surface area contributed by atoms with Crippen LogP contribution in [0.25, 0.3) is 5.69 Å². The fraction of sp³-hybridized carbons (Fsp3) is 0.250. The van der Waals surface area contributed by atoms with Gasteiger partial charge in [0.25, 0.3) is 0 Å². The molecule has 0 fully saturated rings. The highest BCUT2D eigenvalue weighted by molar-refractivity contribution is 7.99. The molecule has 0 bridgehead atoms. The van der Waals surface area contributed by atoms with Gasteiger partial charge in [-0.3, -0.25) is 9.36 Å². The molecule has 6 nitrogen and oxygen atoms in total. The minimum absolute atomic E-state index is 0.0127. The number of hydrogen-bond acceptors (Lipinski definition) is 5. The first kappa shape index (κ1) is 19.0. The SMILES string of the molecule is COc1ccc(-n2cnnc2SCC(=O)N(C)C(C)c2ccccc2)cc1. The molecule has 0 saturated carbocycles. The summed E-state index contributed by atoms with van der Waals surface area (Å²) in [7, 11) is 3.46. The summed E-state index contributed by atoms with van der Waals surface area (Å²) in [6, 6.07) is 17.6. The Hall–Kier alpha value is -2.80. The van der Waals surface area contributed by atoms with Gasteiger partial charge < -0.3 is 9.64 Å². The van der Waals surface area contributed by atoms with Gasteiger partial charge in [0.15, 0.2) is 5.16 Å². The molecule has 0 N–H and O–H groups in total. The molecule has 2 aromatic carbocycles. The summed E-state index contributed by atoms with van der Waals surface area (Å²) in [5.74, 6) is 1.12. The lowest BCUT2D eigenvalue weighted by Crippen LogP contribution is -2.31. The van der Waals surface area contributed by atoms with Crippen LogP contribution in [0.3, 0.4) is 0 Å². The number of rotatable bonds is 7. The van der Waals surface area contributed by atoms with Crippen LogP contribution in [0.1, 0.15) is 18.5 Å². The molecular formula is C20H22N4O2S. The fourth-order valence-corrected chi connectivity index (χ4v) is 3.49. The summed E-state index contributed by atoms with van der Waals surface area (Å²) in [5, 5.41) is 8.80. The highest BCUT2D eigenvalue weighted by Crippen LogP contribution is 2.23. The number of carbonyl (C=O) groups is 1. The Morgan fingerprint density at radius 2 is 1.89 bits per heavy atom. The van der Waals surface area contributed by atoms with Crippen molar-refractivity contribution in [1.82, 2.24) is 19.7 Å². The zero-order valence-electron chi connectivity index (χ0n) is 15.6. The number of carbonyl (C=O) groups excluding carboxylic acids is 1. The van der Waals surface area contributed by atoms with Crippen LogP contribution >= 0.6 is 11.8 Å². The molecule has 0 radical (unpaired) electrons. The van der Waals surface area contributed by atoms with E-state index in [1.165, 1.54) is 11.8 Å². The first-order valence-electron chi connectivity index (χ1n) is 8.58. The van der Waals surface area contributed by atoms with Gasteiger partial charge in [0, 0.05) is 12.7 Å². The molecule has 0 aliphatic heterocycles. The molecule has 1 amide bonds. The Bertz CT molecular complexity index is 881. The van der Waals surface area contributed by atoms with Gasteiger partial charge in [0.05, 0.1) is 18.9 Å². The van der Waals surface area contributed by atoms with Crippen molar-refractivity contribution >= 4 is 17.7 Å². The second-order valence-corrected chi connectivity index (χ2v) is 7.00. The molecule has 1 atom stereocenters. The Labute approximate surface area is 163 Å². The number of methoxy groups -OCH3 is 1. The second-order valence-electron chi connectivity index (χ2n) is 6.06. The van der Waals surface area contributed by atoms with Crippen molar-refractivity contribution in [3.63, 3.8) is 0 Å². The van der Waals surface area contributed by atoms with Crippen molar-refractivity contribution in [3.8, 4) is 11.4 Å². The maximum Gasteiger partial charge on any atom is 0.233 e. The summed E-state index contributed by atoms with van der Waals surface area (Å²) >= 11 is 1.37. The number of thioether (sulfide) groups is 1. The van der Waals surface area contributed by atoms with Crippen molar-refractivity contribution < 1.29 is 9.53 Å². The summed E-state index contributed by atoms with van der Waals surface area (Å²) in [6.45, 7) is 2.03. The van der Waals surface area contributed by atoms with E-state index < -0.39 is 0 Å². The van der Waals surface area contributed by atoms with Gasteiger partial charge in [0.2, 0.25) is 5.91 Å². The Morgan fingerprint density at radius 3 is 2.56 bits per heavy atom. The standard InChI is InChI=1S/C20H22N4O2S/c1-15(16-7-5-4-6-8-16)23(2)19(25)13-27-20-22-21-14-24(20)17-9-11-18(26-3)12-10-17/h4-12,14-15H,13H2,1-3H3. The van der Waals surface area contributed by atoms with E-state index in [0.29, 0.717) is 10.9 Å². The average molecular weight is 382 g/mol. The maximum atomic E-state index is 12.6. The van der Waals surface area contributed by atoms with Gasteiger partial charge in [0.1, 0.15) is 12.1 Å². The molecule has 3 aromatic rings. The van der Waals surface area contributed by atoms with Gasteiger partial charge in [-0.25, -0.2) is 0 Å². The second kappa shape index (κ2) is 8.73. The molecule has 1 heterocycles. The summed E-state index contributed by atoms with van der Waals surface area (Å²) in [5.41, 5.74) is 2.03. The van der Waals surface area contributed by atoms with Crippen LogP contribution in [0.15, 0.2) is 66.1 Å². The summed E-state index contributed by atoms with van der Waals surface area (Å²) in [4.78, 5) is 14.4. The van der Waals surface area contributed by atoms with Crippen molar-refractivity contribution in [2.24, 2.45) is 0 Å². The summed E-state index contributed by atoms with van der Waals surface area (Å²) in [6.07, 6.45) is 1.64. The topological polar surface area (TPSA) is 60.2 Å². The number of benzene rings is 2. The predicted molar refractivity (Wildman–Crippen MR) is 106 cm³/mol. The molecule has 3 rings (SSSR count). The lowest BCUT2D eigenvalue weighted by molar-refractivity contribution is -0.128. The normalized spacial score (nSPS) is 11.8. The van der Waals surface area contributed by atoms with Crippen LogP contribution in [0.4, 0.5) is 0 Å². The molecular weight excluding hydrogens is 360 g/mol. The van der Waals surface area contributed by atoms with Gasteiger partial charge in [-0.2, -0.15) is 0 Å². The zero-order valence-corrected chi connectivity index (χ0v) is 16.4. The highest BCUT2D eigenvalue weighted by atomic mass is 32.2. The van der Waals surface area contributed by atoms with Crippen molar-refractivity contribution in [1.29, 1.82) is 0 Å². The molecule has 0 saturated heterocycles. The largest absolute Gasteiger partial charge is 0.497 e. The Morgan fingerprint density at radius 1 is 1.19 bits per heavy atom. The van der Waals surface area contributed by atoms with E-state index in [2.05, 4.69) is 10.2 Å². The Balaban J connectivity index is 1.65. The number of ether oxygens (including phenoxy) is 1. The number of amides is 1. The highest BCUT2D eigenvalue weighted by Gasteiger charge is 2.18. The van der Waals surface area contributed by atoms with Crippen molar-refractivity contribution in [2.75, 3.05) is 19.9 Å². The first-order valence-corrected chi connectivity index (χ1v) is 9.56. The third-order valence-electron chi connectivity index (χ3n) is 4.45. The van der Waals surface area contributed by atoms with Gasteiger partial charge >= 0.3 is 0 Å². The monoisotopic (exact) mass is 382 g/mol. The van der Waals surface area contributed by atoms with Crippen LogP contribution in [0.2, 0.25) is 0 Å². The molecule has 27 heavy (non-hydrogen) atoms. The number of aromatic nitrogens is 3. The van der Waals surface area contributed by atoms with E-state index in [-0.39, 0.29) is 11.9 Å². The third kappa shape index (κ3) is 4.49. The van der Waals surface area contributed by atoms with Gasteiger partial charge in [-0.1, -0.05) is 42.1 Å². The molecule has 0 aliphatic rings. The van der Waals surface area contributed by atoms with Crippen LogP contribution in [0, 0.1) is 0 Å². The molecule has 0 spiro atoms. The van der Waals surface area contributed by atoms with Crippen LogP contribution in [-0.4, -0.2) is 45.5 Å². The fourth-order valence-electron chi connectivity index (χ4n) is 2.64. The van der Waals surface area contributed by atoms with Crippen LogP contribution in [-0.2, 0) is 4.79 Å². The van der Waals surface area contributed by atoms with Crippen LogP contribution in [0.5, 0.6) is 5.75 Å². The molecule has 0 aliphatic carbocycles. The lowest BCUT2D eigenvalue weighted by Gasteiger charge is -2.25. The smallest absolute Gasteiger partial charge is 0.233 e. The predicted octanol–water partition coefficient (Wildman–Crippen LogP) is 3.59. The van der Waals surface area contributed by atoms with Gasteiger partial charge in [-0.15, -0.1) is 10.2 Å². The first-order chi connectivity index (χ1) is 13.1.